The summed E-state index contributed by atoms with van der Waals surface area (Å²) in [6.07, 6.45) is 2.21. The third-order valence-corrected chi connectivity index (χ3v) is 6.03. The Morgan fingerprint density at radius 1 is 0.906 bits per heavy atom. The van der Waals surface area contributed by atoms with Gasteiger partial charge in [0.1, 0.15) is 12.1 Å². The van der Waals surface area contributed by atoms with Gasteiger partial charge in [-0.05, 0) is 48.7 Å². The second kappa shape index (κ2) is 8.30. The van der Waals surface area contributed by atoms with Crippen molar-refractivity contribution in [2.75, 3.05) is 12.0 Å². The largest absolute Gasteiger partial charge is 0.497 e. The van der Waals surface area contributed by atoms with E-state index in [2.05, 4.69) is 53.4 Å². The molecule has 0 saturated heterocycles. The van der Waals surface area contributed by atoms with Gasteiger partial charge in [-0.2, -0.15) is 10.1 Å². The van der Waals surface area contributed by atoms with Crippen molar-refractivity contribution in [3.8, 4) is 5.75 Å². The first-order valence-electron chi connectivity index (χ1n) is 10.6. The Morgan fingerprint density at radius 3 is 2.25 bits per heavy atom. The van der Waals surface area contributed by atoms with Gasteiger partial charge in [-0.1, -0.05) is 60.2 Å². The van der Waals surface area contributed by atoms with Gasteiger partial charge in [0.15, 0.2) is 0 Å². The Kier molecular flexibility index (Phi) is 5.19. The molecule has 6 heteroatoms. The topological polar surface area (TPSA) is 60.2 Å². The Hall–Kier alpha value is -3.93. The van der Waals surface area contributed by atoms with Crippen LogP contribution in [-0.4, -0.2) is 27.8 Å². The normalized spacial score (nSPS) is 17.6. The summed E-state index contributed by atoms with van der Waals surface area (Å²) in [6.45, 7) is 2.06. The lowest BCUT2D eigenvalue weighted by Crippen LogP contribution is -2.42. The van der Waals surface area contributed by atoms with Crippen LogP contribution in [0.4, 0.5) is 5.95 Å². The van der Waals surface area contributed by atoms with E-state index in [9.17, 15) is 4.79 Å². The van der Waals surface area contributed by atoms with Crippen LogP contribution in [0, 0.1) is 6.92 Å². The highest BCUT2D eigenvalue weighted by Crippen LogP contribution is 2.42. The van der Waals surface area contributed by atoms with E-state index in [-0.39, 0.29) is 18.0 Å². The van der Waals surface area contributed by atoms with Gasteiger partial charge in [0.05, 0.1) is 19.2 Å². The second-order valence-corrected chi connectivity index (χ2v) is 8.00. The van der Waals surface area contributed by atoms with Crippen LogP contribution in [0.25, 0.3) is 0 Å². The molecule has 0 N–H and O–H groups in total. The fourth-order valence-corrected chi connectivity index (χ4v) is 4.32. The lowest BCUT2D eigenvalue weighted by atomic mass is 9.91. The Balaban J connectivity index is 1.63. The summed E-state index contributed by atoms with van der Waals surface area (Å²) < 4.78 is 7.18. The first kappa shape index (κ1) is 20.0. The van der Waals surface area contributed by atoms with Crippen LogP contribution in [0.3, 0.4) is 0 Å². The van der Waals surface area contributed by atoms with Gasteiger partial charge in [0, 0.05) is 5.56 Å². The molecule has 32 heavy (non-hydrogen) atoms. The van der Waals surface area contributed by atoms with Gasteiger partial charge >= 0.3 is 0 Å². The Morgan fingerprint density at radius 2 is 1.56 bits per heavy atom. The van der Waals surface area contributed by atoms with Crippen molar-refractivity contribution in [1.29, 1.82) is 0 Å². The second-order valence-electron chi connectivity index (χ2n) is 8.00. The van der Waals surface area contributed by atoms with Crippen molar-refractivity contribution in [3.05, 3.63) is 107 Å². The molecule has 2 atom stereocenters. The summed E-state index contributed by atoms with van der Waals surface area (Å²) in [5.74, 6) is 1.27. The van der Waals surface area contributed by atoms with Crippen molar-refractivity contribution in [2.24, 2.45) is 0 Å². The van der Waals surface area contributed by atoms with Crippen molar-refractivity contribution in [1.82, 2.24) is 14.8 Å². The maximum atomic E-state index is 13.7. The molecule has 1 aliphatic rings. The zero-order valence-corrected chi connectivity index (χ0v) is 18.1. The minimum absolute atomic E-state index is 0.0514. The van der Waals surface area contributed by atoms with Crippen molar-refractivity contribution in [2.45, 2.75) is 25.4 Å². The molecule has 6 nitrogen and oxygen atoms in total. The summed E-state index contributed by atoms with van der Waals surface area (Å²) in [6, 6.07) is 25.5. The average molecular weight is 425 g/mol. The summed E-state index contributed by atoms with van der Waals surface area (Å²) >= 11 is 0. The van der Waals surface area contributed by atoms with E-state index < -0.39 is 0 Å². The molecule has 0 radical (unpaired) electrons. The van der Waals surface area contributed by atoms with Gasteiger partial charge in [0.2, 0.25) is 5.95 Å². The number of anilines is 1. The number of rotatable bonds is 4. The molecule has 0 saturated carbocycles. The highest BCUT2D eigenvalue weighted by atomic mass is 16.5. The minimum Gasteiger partial charge on any atom is -0.497 e. The molecular weight excluding hydrogens is 400 g/mol. The zero-order chi connectivity index (χ0) is 22.1. The SMILES string of the molecule is COc1ccc([C@H]2C[C@H](c3ccc(C)cc3)N(C(=O)c3ccccc3)c3ncnn32)cc1. The van der Waals surface area contributed by atoms with E-state index in [0.29, 0.717) is 17.9 Å². The number of amides is 1. The number of methoxy groups -OCH3 is 1. The maximum Gasteiger partial charge on any atom is 0.261 e. The van der Waals surface area contributed by atoms with Crippen LogP contribution in [0.5, 0.6) is 5.75 Å². The number of aryl methyl sites for hydroxylation is 1. The lowest BCUT2D eigenvalue weighted by Gasteiger charge is -2.39. The van der Waals surface area contributed by atoms with Crippen LogP contribution >= 0.6 is 0 Å². The van der Waals surface area contributed by atoms with Crippen LogP contribution in [0.15, 0.2) is 85.2 Å². The molecule has 1 aromatic heterocycles. The average Bonchev–Trinajstić information content (AvgIpc) is 3.33. The van der Waals surface area contributed by atoms with Crippen LogP contribution in [-0.2, 0) is 0 Å². The predicted octanol–water partition coefficient (Wildman–Crippen LogP) is 4.98. The zero-order valence-electron chi connectivity index (χ0n) is 18.1. The molecule has 0 fully saturated rings. The molecule has 4 aromatic rings. The van der Waals surface area contributed by atoms with E-state index in [1.807, 2.05) is 47.1 Å². The third kappa shape index (κ3) is 3.54. The fourth-order valence-electron chi connectivity index (χ4n) is 4.32. The van der Waals surface area contributed by atoms with E-state index in [1.165, 1.54) is 11.9 Å². The lowest BCUT2D eigenvalue weighted by molar-refractivity contribution is 0.0963. The number of fused-ring (bicyclic) bond motifs is 1. The van der Waals surface area contributed by atoms with Crippen LogP contribution in [0.2, 0.25) is 0 Å². The molecule has 5 rings (SSSR count). The number of nitrogens with zero attached hydrogens (tertiary/aromatic N) is 4. The molecule has 1 amide bonds. The monoisotopic (exact) mass is 424 g/mol. The first-order valence-corrected chi connectivity index (χ1v) is 10.6. The van der Waals surface area contributed by atoms with Gasteiger partial charge in [-0.25, -0.2) is 4.68 Å². The standard InChI is InChI=1S/C26H24N4O2/c1-18-8-10-19(11-9-18)23-16-24(20-12-14-22(32-2)15-13-20)30-26(27-17-28-30)29(23)25(31)21-6-4-3-5-7-21/h3-15,17,23-24H,16H2,1-2H3/t23-,24-/m1/s1. The summed E-state index contributed by atoms with van der Waals surface area (Å²) in [4.78, 5) is 20.0. The number of hydrogen-bond acceptors (Lipinski definition) is 4. The van der Waals surface area contributed by atoms with Crippen molar-refractivity contribution < 1.29 is 9.53 Å². The molecule has 0 bridgehead atoms. The first-order chi connectivity index (χ1) is 15.7. The smallest absolute Gasteiger partial charge is 0.261 e. The van der Waals surface area contributed by atoms with Crippen LogP contribution in [0.1, 0.15) is 45.6 Å². The van der Waals surface area contributed by atoms with E-state index in [0.717, 1.165) is 16.9 Å². The fraction of sp³-hybridized carbons (Fsp3) is 0.192. The summed E-state index contributed by atoms with van der Waals surface area (Å²) in [5, 5.41) is 4.51. The minimum atomic E-state index is -0.174. The molecule has 2 heterocycles. The molecule has 1 aliphatic heterocycles. The van der Waals surface area contributed by atoms with Gasteiger partial charge in [0.25, 0.3) is 5.91 Å². The van der Waals surface area contributed by atoms with Crippen LogP contribution < -0.4 is 9.64 Å². The molecule has 0 spiro atoms. The number of benzene rings is 3. The van der Waals surface area contributed by atoms with E-state index in [4.69, 9.17) is 4.74 Å². The third-order valence-electron chi connectivity index (χ3n) is 6.03. The molecular formula is C26H24N4O2. The Bertz CT molecular complexity index is 1220. The number of aromatic nitrogens is 3. The van der Waals surface area contributed by atoms with Gasteiger partial charge in [-0.3, -0.25) is 9.69 Å². The summed E-state index contributed by atoms with van der Waals surface area (Å²) in [7, 11) is 1.66. The number of carbonyl (C=O) groups is 1. The number of ether oxygens (including phenoxy) is 1. The quantitative estimate of drug-likeness (QED) is 0.464. The van der Waals surface area contributed by atoms with Gasteiger partial charge < -0.3 is 4.74 Å². The highest BCUT2D eigenvalue weighted by molar-refractivity contribution is 6.05. The summed E-state index contributed by atoms with van der Waals surface area (Å²) in [5.41, 5.74) is 3.98. The van der Waals surface area contributed by atoms with Gasteiger partial charge in [-0.15, -0.1) is 0 Å². The van der Waals surface area contributed by atoms with E-state index in [1.54, 1.807) is 12.0 Å². The molecule has 0 unspecified atom stereocenters. The Labute approximate surface area is 187 Å². The molecule has 3 aromatic carbocycles. The maximum absolute atomic E-state index is 13.7. The number of carbonyl (C=O) groups excluding carboxylic acids is 1. The number of hydrogen-bond donors (Lipinski definition) is 0. The predicted molar refractivity (Wildman–Crippen MR) is 123 cm³/mol. The van der Waals surface area contributed by atoms with Crippen molar-refractivity contribution >= 4 is 11.9 Å². The van der Waals surface area contributed by atoms with E-state index >= 15 is 0 Å². The van der Waals surface area contributed by atoms with Crippen molar-refractivity contribution in [3.63, 3.8) is 0 Å². The molecule has 0 aliphatic carbocycles. The molecule has 160 valence electrons. The highest BCUT2D eigenvalue weighted by Gasteiger charge is 2.39.